The van der Waals surface area contributed by atoms with E-state index in [1.165, 1.54) is 0 Å². The molecule has 1 saturated heterocycles. The molecule has 0 aliphatic carbocycles. The van der Waals surface area contributed by atoms with Gasteiger partial charge in [-0.15, -0.1) is 0 Å². The van der Waals surface area contributed by atoms with Gasteiger partial charge in [-0.1, -0.05) is 48.5 Å². The number of sulfone groups is 1. The number of benzene rings is 2. The minimum absolute atomic E-state index is 0.101. The lowest BCUT2D eigenvalue weighted by molar-refractivity contribution is 0.559. The number of rotatable bonds is 3. The second-order valence-electron chi connectivity index (χ2n) is 7.19. The number of aromatic nitrogens is 3. The van der Waals surface area contributed by atoms with Gasteiger partial charge in [-0.2, -0.15) is 0 Å². The van der Waals surface area contributed by atoms with Crippen LogP contribution in [0.25, 0.3) is 33.4 Å². The molecule has 0 amide bonds. The molecule has 0 spiro atoms. The molecule has 0 saturated carbocycles. The molecule has 1 aliphatic heterocycles. The topological polar surface area (TPSA) is 64.8 Å². The molecule has 3 heterocycles. The van der Waals surface area contributed by atoms with Crippen molar-refractivity contribution in [3.63, 3.8) is 0 Å². The Morgan fingerprint density at radius 3 is 2.50 bits per heavy atom. The number of pyridine rings is 1. The summed E-state index contributed by atoms with van der Waals surface area (Å²) >= 11 is 0. The van der Waals surface area contributed by atoms with Crippen molar-refractivity contribution < 1.29 is 8.42 Å². The van der Waals surface area contributed by atoms with Crippen LogP contribution in [0.3, 0.4) is 0 Å². The van der Waals surface area contributed by atoms with Crippen molar-refractivity contribution in [2.24, 2.45) is 0 Å². The Morgan fingerprint density at radius 1 is 0.929 bits per heavy atom. The zero-order valence-corrected chi connectivity index (χ0v) is 16.0. The number of hydrogen-bond acceptors (Lipinski definition) is 4. The van der Waals surface area contributed by atoms with Crippen LogP contribution in [0.15, 0.2) is 73.2 Å². The highest BCUT2D eigenvalue weighted by atomic mass is 32.2. The maximum Gasteiger partial charge on any atom is 0.152 e. The van der Waals surface area contributed by atoms with E-state index in [9.17, 15) is 8.42 Å². The van der Waals surface area contributed by atoms with Gasteiger partial charge in [0, 0.05) is 22.7 Å². The van der Waals surface area contributed by atoms with Crippen LogP contribution in [0.4, 0.5) is 0 Å². The third-order valence-corrected chi connectivity index (χ3v) is 7.06. The third-order valence-electron chi connectivity index (χ3n) is 5.31. The van der Waals surface area contributed by atoms with Crippen molar-refractivity contribution in [1.82, 2.24) is 14.5 Å². The van der Waals surface area contributed by atoms with Gasteiger partial charge >= 0.3 is 0 Å². The molecule has 0 bridgehead atoms. The van der Waals surface area contributed by atoms with Crippen molar-refractivity contribution in [3.8, 4) is 22.5 Å². The molecular formula is C22H19N3O2S. The SMILES string of the molecule is O=S1(=O)CC[C@@H](n2cnc(-c3ccccc3)c2-c2cnc3ccccc3c2)C1. The van der Waals surface area contributed by atoms with Crippen molar-refractivity contribution in [1.29, 1.82) is 0 Å². The average Bonchev–Trinajstić information content (AvgIpc) is 3.31. The Bertz CT molecular complexity index is 1260. The van der Waals surface area contributed by atoms with Gasteiger partial charge in [0.2, 0.25) is 0 Å². The summed E-state index contributed by atoms with van der Waals surface area (Å²) in [4.78, 5) is 9.28. The Hall–Kier alpha value is -2.99. The minimum Gasteiger partial charge on any atom is -0.326 e. The van der Waals surface area contributed by atoms with Crippen LogP contribution in [0.2, 0.25) is 0 Å². The molecule has 5 rings (SSSR count). The van der Waals surface area contributed by atoms with Crippen molar-refractivity contribution >= 4 is 20.7 Å². The fraction of sp³-hybridized carbons (Fsp3) is 0.182. The lowest BCUT2D eigenvalue weighted by Crippen LogP contribution is -2.11. The van der Waals surface area contributed by atoms with E-state index in [-0.39, 0.29) is 17.5 Å². The van der Waals surface area contributed by atoms with Gasteiger partial charge in [-0.25, -0.2) is 13.4 Å². The van der Waals surface area contributed by atoms with E-state index < -0.39 is 9.84 Å². The summed E-state index contributed by atoms with van der Waals surface area (Å²) < 4.78 is 26.2. The van der Waals surface area contributed by atoms with Crippen LogP contribution >= 0.6 is 0 Å². The second-order valence-corrected chi connectivity index (χ2v) is 9.42. The molecule has 28 heavy (non-hydrogen) atoms. The molecule has 5 nitrogen and oxygen atoms in total. The van der Waals surface area contributed by atoms with E-state index in [2.05, 4.69) is 16.0 Å². The number of imidazole rings is 1. The number of nitrogens with zero attached hydrogens (tertiary/aromatic N) is 3. The zero-order chi connectivity index (χ0) is 19.1. The average molecular weight is 389 g/mol. The molecule has 1 fully saturated rings. The maximum atomic E-state index is 12.1. The maximum absolute atomic E-state index is 12.1. The fourth-order valence-electron chi connectivity index (χ4n) is 3.93. The lowest BCUT2D eigenvalue weighted by atomic mass is 10.0. The molecule has 2 aromatic heterocycles. The molecule has 1 atom stereocenters. The van der Waals surface area contributed by atoms with Gasteiger partial charge in [0.15, 0.2) is 9.84 Å². The van der Waals surface area contributed by atoms with Gasteiger partial charge in [0.25, 0.3) is 0 Å². The highest BCUT2D eigenvalue weighted by Crippen LogP contribution is 2.36. The summed E-state index contributed by atoms with van der Waals surface area (Å²) in [6, 6.07) is 20.0. The minimum atomic E-state index is -3.00. The number of para-hydroxylation sites is 1. The van der Waals surface area contributed by atoms with Crippen LogP contribution in [-0.2, 0) is 9.84 Å². The molecule has 2 aromatic carbocycles. The van der Waals surface area contributed by atoms with Gasteiger partial charge in [-0.3, -0.25) is 4.98 Å². The first-order valence-electron chi connectivity index (χ1n) is 9.28. The van der Waals surface area contributed by atoms with E-state index in [4.69, 9.17) is 0 Å². The smallest absolute Gasteiger partial charge is 0.152 e. The molecule has 0 radical (unpaired) electrons. The number of hydrogen-bond donors (Lipinski definition) is 0. The first-order valence-corrected chi connectivity index (χ1v) is 11.1. The predicted molar refractivity (Wildman–Crippen MR) is 111 cm³/mol. The van der Waals surface area contributed by atoms with E-state index in [0.29, 0.717) is 6.42 Å². The fourth-order valence-corrected chi connectivity index (χ4v) is 5.64. The normalized spacial score (nSPS) is 18.5. The van der Waals surface area contributed by atoms with E-state index in [1.54, 1.807) is 6.33 Å². The summed E-state index contributed by atoms with van der Waals surface area (Å²) in [5.74, 6) is 0.386. The molecule has 140 valence electrons. The quantitative estimate of drug-likeness (QED) is 0.529. The van der Waals surface area contributed by atoms with Crippen LogP contribution < -0.4 is 0 Å². The molecular weight excluding hydrogens is 370 g/mol. The van der Waals surface area contributed by atoms with Gasteiger partial charge < -0.3 is 4.57 Å². The summed E-state index contributed by atoms with van der Waals surface area (Å²) in [5, 5.41) is 1.05. The van der Waals surface area contributed by atoms with Crippen LogP contribution in [0, 0.1) is 0 Å². The van der Waals surface area contributed by atoms with Gasteiger partial charge in [-0.05, 0) is 18.6 Å². The summed E-state index contributed by atoms with van der Waals surface area (Å²) in [6.07, 6.45) is 4.24. The Kier molecular flexibility index (Phi) is 4.02. The predicted octanol–water partition coefficient (Wildman–Crippen LogP) is 4.12. The van der Waals surface area contributed by atoms with E-state index >= 15 is 0 Å². The van der Waals surface area contributed by atoms with Crippen molar-refractivity contribution in [3.05, 3.63) is 73.2 Å². The number of fused-ring (bicyclic) bond motifs is 1. The Balaban J connectivity index is 1.72. The third kappa shape index (κ3) is 2.99. The van der Waals surface area contributed by atoms with Crippen molar-refractivity contribution in [2.45, 2.75) is 12.5 Å². The van der Waals surface area contributed by atoms with E-state index in [1.807, 2.05) is 65.4 Å². The standard InChI is InChI=1S/C22H19N3O2S/c26-28(27)11-10-19(14-28)25-15-24-21(16-6-2-1-3-7-16)22(25)18-12-17-8-4-5-9-20(17)23-13-18/h1-9,12-13,15,19H,10-11,14H2/t19-/m1/s1. The Morgan fingerprint density at radius 2 is 1.71 bits per heavy atom. The van der Waals surface area contributed by atoms with Crippen LogP contribution in [0.1, 0.15) is 12.5 Å². The van der Waals surface area contributed by atoms with Crippen molar-refractivity contribution in [2.75, 3.05) is 11.5 Å². The van der Waals surface area contributed by atoms with Crippen LogP contribution in [-0.4, -0.2) is 34.5 Å². The zero-order valence-electron chi connectivity index (χ0n) is 15.2. The molecule has 0 N–H and O–H groups in total. The van der Waals surface area contributed by atoms with E-state index in [0.717, 1.165) is 33.4 Å². The summed E-state index contributed by atoms with van der Waals surface area (Å²) in [5.41, 5.74) is 4.65. The van der Waals surface area contributed by atoms with Crippen LogP contribution in [0.5, 0.6) is 0 Å². The van der Waals surface area contributed by atoms with Gasteiger partial charge in [0.05, 0.1) is 40.8 Å². The molecule has 6 heteroatoms. The highest BCUT2D eigenvalue weighted by Gasteiger charge is 2.31. The largest absolute Gasteiger partial charge is 0.326 e. The highest BCUT2D eigenvalue weighted by molar-refractivity contribution is 7.91. The second kappa shape index (κ2) is 6.56. The summed E-state index contributed by atoms with van der Waals surface area (Å²) in [7, 11) is -3.00. The summed E-state index contributed by atoms with van der Waals surface area (Å²) in [6.45, 7) is 0. The monoisotopic (exact) mass is 389 g/mol. The molecule has 4 aromatic rings. The molecule has 1 aliphatic rings. The first-order chi connectivity index (χ1) is 13.6. The first kappa shape index (κ1) is 17.1. The molecule has 0 unspecified atom stereocenters. The van der Waals surface area contributed by atoms with Gasteiger partial charge in [0.1, 0.15) is 0 Å². The lowest BCUT2D eigenvalue weighted by Gasteiger charge is -2.16. The Labute approximate surface area is 163 Å².